The fraction of sp³-hybridized carbons (Fsp3) is 0.0909. The van der Waals surface area contributed by atoms with Crippen molar-refractivity contribution in [3.05, 3.63) is 57.1 Å². The predicted molar refractivity (Wildman–Crippen MR) is 67.9 cm³/mol. The van der Waals surface area contributed by atoms with Crippen LogP contribution in [0.25, 0.3) is 0 Å². The molecule has 2 N–H and O–H groups in total. The number of halogens is 1. The molecule has 1 aromatic carbocycles. The molecule has 0 atom stereocenters. The van der Waals surface area contributed by atoms with Gasteiger partial charge in [0.05, 0.1) is 23.5 Å². The monoisotopic (exact) mass is 280 g/mol. The molecule has 1 amide bonds. The number of rotatable bonds is 4. The molecule has 2 aromatic rings. The predicted octanol–water partition coefficient (Wildman–Crippen LogP) is 1.90. The van der Waals surface area contributed by atoms with E-state index in [1.54, 1.807) is 6.20 Å². The number of hydrogen-bond acceptors (Lipinski definition) is 4. The Morgan fingerprint density at radius 1 is 1.47 bits per heavy atom. The summed E-state index contributed by atoms with van der Waals surface area (Å²) < 4.78 is 0. The van der Waals surface area contributed by atoms with Gasteiger partial charge in [-0.3, -0.25) is 14.9 Å². The van der Waals surface area contributed by atoms with Crippen LogP contribution in [0.15, 0.2) is 30.7 Å². The van der Waals surface area contributed by atoms with E-state index in [1.807, 2.05) is 0 Å². The van der Waals surface area contributed by atoms with Crippen molar-refractivity contribution in [1.29, 1.82) is 0 Å². The first-order valence-corrected chi connectivity index (χ1v) is 5.64. The van der Waals surface area contributed by atoms with E-state index in [4.69, 9.17) is 11.6 Å². The summed E-state index contributed by atoms with van der Waals surface area (Å²) in [6.45, 7) is 0.249. The third-order valence-electron chi connectivity index (χ3n) is 2.35. The van der Waals surface area contributed by atoms with Crippen LogP contribution in [0.2, 0.25) is 5.02 Å². The highest BCUT2D eigenvalue weighted by Crippen LogP contribution is 2.20. The largest absolute Gasteiger partial charge is 0.347 e. The highest BCUT2D eigenvalue weighted by molar-refractivity contribution is 6.31. The maximum Gasteiger partial charge on any atom is 0.271 e. The first-order valence-electron chi connectivity index (χ1n) is 5.26. The van der Waals surface area contributed by atoms with Crippen molar-refractivity contribution in [2.75, 3.05) is 0 Å². The van der Waals surface area contributed by atoms with Crippen molar-refractivity contribution in [3.63, 3.8) is 0 Å². The first kappa shape index (κ1) is 13.0. The number of nitro groups is 1. The van der Waals surface area contributed by atoms with Gasteiger partial charge in [-0.15, -0.1) is 0 Å². The van der Waals surface area contributed by atoms with Gasteiger partial charge in [0.1, 0.15) is 0 Å². The van der Waals surface area contributed by atoms with Crippen LogP contribution in [-0.2, 0) is 6.54 Å². The Morgan fingerprint density at radius 2 is 2.26 bits per heavy atom. The highest BCUT2D eigenvalue weighted by Gasteiger charge is 2.13. The minimum atomic E-state index is -0.600. The topological polar surface area (TPSA) is 101 Å². The van der Waals surface area contributed by atoms with E-state index in [1.165, 1.54) is 24.5 Å². The lowest BCUT2D eigenvalue weighted by molar-refractivity contribution is -0.384. The summed E-state index contributed by atoms with van der Waals surface area (Å²) in [7, 11) is 0. The lowest BCUT2D eigenvalue weighted by Gasteiger charge is -2.04. The normalized spacial score (nSPS) is 10.2. The fourth-order valence-electron chi connectivity index (χ4n) is 1.47. The van der Waals surface area contributed by atoms with Crippen molar-refractivity contribution in [2.24, 2.45) is 0 Å². The van der Waals surface area contributed by atoms with E-state index in [9.17, 15) is 14.9 Å². The Bertz CT molecular complexity index is 612. The second kappa shape index (κ2) is 5.49. The van der Waals surface area contributed by atoms with Gasteiger partial charge in [-0.1, -0.05) is 11.6 Å². The number of imidazole rings is 1. The number of carbonyl (C=O) groups excluding carboxylic acids is 1. The quantitative estimate of drug-likeness (QED) is 0.659. The zero-order valence-corrected chi connectivity index (χ0v) is 10.3. The van der Waals surface area contributed by atoms with Crippen LogP contribution in [0, 0.1) is 10.1 Å². The number of hydrogen-bond donors (Lipinski definition) is 2. The van der Waals surface area contributed by atoms with Gasteiger partial charge in [-0.2, -0.15) is 0 Å². The average molecular weight is 281 g/mol. The molecule has 1 aromatic heterocycles. The maximum absolute atomic E-state index is 11.8. The van der Waals surface area contributed by atoms with E-state index in [0.29, 0.717) is 0 Å². The molecule has 8 heteroatoms. The number of aromatic nitrogens is 2. The number of carbonyl (C=O) groups is 1. The molecular formula is C11H9ClN4O3. The number of nitro benzene ring substituents is 1. The van der Waals surface area contributed by atoms with Crippen molar-refractivity contribution in [1.82, 2.24) is 15.3 Å². The van der Waals surface area contributed by atoms with Crippen LogP contribution >= 0.6 is 11.6 Å². The van der Waals surface area contributed by atoms with Gasteiger partial charge >= 0.3 is 0 Å². The van der Waals surface area contributed by atoms with Gasteiger partial charge < -0.3 is 10.3 Å². The van der Waals surface area contributed by atoms with Gasteiger partial charge in [0.15, 0.2) is 0 Å². The molecule has 2 rings (SSSR count). The van der Waals surface area contributed by atoms with E-state index >= 15 is 0 Å². The summed E-state index contributed by atoms with van der Waals surface area (Å²) in [6.07, 6.45) is 3.06. The fourth-order valence-corrected chi connectivity index (χ4v) is 1.70. The summed E-state index contributed by atoms with van der Waals surface area (Å²) in [5.74, 6) is -0.444. The number of non-ortho nitro benzene ring substituents is 1. The lowest BCUT2D eigenvalue weighted by Crippen LogP contribution is -2.23. The molecular weight excluding hydrogens is 272 g/mol. The lowest BCUT2D eigenvalue weighted by atomic mass is 10.2. The van der Waals surface area contributed by atoms with E-state index in [2.05, 4.69) is 15.3 Å². The number of H-pyrrole nitrogens is 1. The number of nitrogens with one attached hydrogen (secondary N) is 2. The summed E-state index contributed by atoms with van der Waals surface area (Å²) >= 11 is 5.74. The van der Waals surface area contributed by atoms with Gasteiger partial charge in [-0.25, -0.2) is 4.98 Å². The molecule has 0 saturated heterocycles. The standard InChI is InChI=1S/C11H9ClN4O3/c12-8-1-7(2-10(3-8)16(18)19)11(17)14-5-9-4-13-6-15-9/h1-4,6H,5H2,(H,13,15)(H,14,17). The number of benzene rings is 1. The molecule has 0 aliphatic carbocycles. The minimum absolute atomic E-state index is 0.138. The molecule has 0 radical (unpaired) electrons. The molecule has 98 valence electrons. The Hall–Kier alpha value is -2.41. The smallest absolute Gasteiger partial charge is 0.271 e. The zero-order chi connectivity index (χ0) is 13.8. The van der Waals surface area contributed by atoms with E-state index < -0.39 is 10.8 Å². The van der Waals surface area contributed by atoms with E-state index in [0.717, 1.165) is 5.69 Å². The van der Waals surface area contributed by atoms with Gasteiger partial charge in [0.25, 0.3) is 11.6 Å². The minimum Gasteiger partial charge on any atom is -0.347 e. The van der Waals surface area contributed by atoms with Crippen LogP contribution in [0.1, 0.15) is 16.1 Å². The SMILES string of the molecule is O=C(NCc1cnc[nH]1)c1cc(Cl)cc([N+](=O)[O-])c1. The number of nitrogens with zero attached hydrogens (tertiary/aromatic N) is 2. The van der Waals surface area contributed by atoms with Crippen LogP contribution in [-0.4, -0.2) is 20.8 Å². The molecule has 0 unspecified atom stereocenters. The molecule has 1 heterocycles. The number of aromatic amines is 1. The van der Waals surface area contributed by atoms with Crippen molar-refractivity contribution >= 4 is 23.2 Å². The van der Waals surface area contributed by atoms with Crippen LogP contribution < -0.4 is 5.32 Å². The first-order chi connectivity index (χ1) is 9.06. The van der Waals surface area contributed by atoms with Crippen molar-refractivity contribution in [2.45, 2.75) is 6.54 Å². The molecule has 0 saturated carbocycles. The molecule has 0 spiro atoms. The highest BCUT2D eigenvalue weighted by atomic mass is 35.5. The third-order valence-corrected chi connectivity index (χ3v) is 2.57. The summed E-state index contributed by atoms with van der Waals surface area (Å²) in [5.41, 5.74) is 0.641. The second-order valence-corrected chi connectivity index (χ2v) is 4.15. The second-order valence-electron chi connectivity index (χ2n) is 3.71. The Morgan fingerprint density at radius 3 is 2.89 bits per heavy atom. The zero-order valence-electron chi connectivity index (χ0n) is 9.59. The van der Waals surface area contributed by atoms with Gasteiger partial charge in [0, 0.05) is 28.9 Å². The Balaban J connectivity index is 2.12. The molecule has 7 nitrogen and oxygen atoms in total. The summed E-state index contributed by atoms with van der Waals surface area (Å²) in [4.78, 5) is 28.5. The molecule has 19 heavy (non-hydrogen) atoms. The summed E-state index contributed by atoms with van der Waals surface area (Å²) in [5, 5.41) is 13.4. The van der Waals surface area contributed by atoms with E-state index in [-0.39, 0.29) is 22.8 Å². The Labute approximate surface area is 112 Å². The van der Waals surface area contributed by atoms with Crippen LogP contribution in [0.3, 0.4) is 0 Å². The van der Waals surface area contributed by atoms with Gasteiger partial charge in [0.2, 0.25) is 0 Å². The summed E-state index contributed by atoms with van der Waals surface area (Å²) in [6, 6.07) is 3.73. The van der Waals surface area contributed by atoms with Crippen LogP contribution in [0.4, 0.5) is 5.69 Å². The molecule has 0 aliphatic heterocycles. The van der Waals surface area contributed by atoms with Crippen LogP contribution in [0.5, 0.6) is 0 Å². The molecule has 0 fully saturated rings. The number of amides is 1. The van der Waals surface area contributed by atoms with Crippen molar-refractivity contribution < 1.29 is 9.72 Å². The molecule has 0 aliphatic rings. The third kappa shape index (κ3) is 3.29. The maximum atomic E-state index is 11.8. The Kier molecular flexibility index (Phi) is 3.76. The van der Waals surface area contributed by atoms with Crippen molar-refractivity contribution in [3.8, 4) is 0 Å². The van der Waals surface area contributed by atoms with Gasteiger partial charge in [-0.05, 0) is 6.07 Å². The molecule has 0 bridgehead atoms. The average Bonchev–Trinajstić information content (AvgIpc) is 2.88.